The van der Waals surface area contributed by atoms with Gasteiger partial charge in [-0.1, -0.05) is 0 Å². The van der Waals surface area contributed by atoms with Crippen LogP contribution in [-0.4, -0.2) is 38.5 Å². The Hall–Kier alpha value is -1.38. The second kappa shape index (κ2) is 4.95. The summed E-state index contributed by atoms with van der Waals surface area (Å²) in [5.74, 6) is 0. The highest BCUT2D eigenvalue weighted by atomic mass is 16.3. The fourth-order valence-corrected chi connectivity index (χ4v) is 2.43. The lowest BCUT2D eigenvalue weighted by atomic mass is 10.0. The summed E-state index contributed by atoms with van der Waals surface area (Å²) in [4.78, 5) is 2.18. The monoisotopic (exact) mass is 262 g/mol. The first-order valence-electron chi connectivity index (χ1n) is 6.68. The highest BCUT2D eigenvalue weighted by Crippen LogP contribution is 2.25. The second-order valence-electron chi connectivity index (χ2n) is 6.48. The van der Waals surface area contributed by atoms with E-state index in [0.717, 1.165) is 18.7 Å². The molecule has 0 radical (unpaired) electrons. The van der Waals surface area contributed by atoms with Gasteiger partial charge in [0.05, 0.1) is 29.8 Å². The normalized spacial score (nSPS) is 24.6. The molecule has 104 valence electrons. The van der Waals surface area contributed by atoms with Gasteiger partial charge in [0, 0.05) is 31.4 Å². The van der Waals surface area contributed by atoms with E-state index in [-0.39, 0.29) is 12.0 Å². The minimum atomic E-state index is -0.825. The predicted octanol–water partition coefficient (Wildman–Crippen LogP) is 1.49. The van der Waals surface area contributed by atoms with Crippen LogP contribution in [-0.2, 0) is 12.1 Å². The Kier molecular flexibility index (Phi) is 3.66. The number of rotatable bonds is 3. The number of aliphatic hydroxyl groups is 1. The van der Waals surface area contributed by atoms with Crippen LogP contribution in [0.15, 0.2) is 12.4 Å². The van der Waals surface area contributed by atoms with Crippen molar-refractivity contribution in [3.8, 4) is 6.07 Å². The zero-order chi connectivity index (χ0) is 14.1. The van der Waals surface area contributed by atoms with E-state index in [4.69, 9.17) is 5.26 Å². The van der Waals surface area contributed by atoms with E-state index in [1.165, 1.54) is 0 Å². The summed E-state index contributed by atoms with van der Waals surface area (Å²) in [6.07, 6.45) is 4.83. The Morgan fingerprint density at radius 2 is 2.26 bits per heavy atom. The Balaban J connectivity index is 1.97. The van der Waals surface area contributed by atoms with Gasteiger partial charge in [0.1, 0.15) is 0 Å². The molecule has 2 rings (SSSR count). The van der Waals surface area contributed by atoms with E-state index < -0.39 is 5.60 Å². The maximum Gasteiger partial charge on any atom is 0.0915 e. The third kappa shape index (κ3) is 3.34. The van der Waals surface area contributed by atoms with Crippen LogP contribution in [0.25, 0.3) is 0 Å². The first-order valence-corrected chi connectivity index (χ1v) is 6.68. The van der Waals surface area contributed by atoms with Gasteiger partial charge in [-0.25, -0.2) is 0 Å². The summed E-state index contributed by atoms with van der Waals surface area (Å²) < 4.78 is 1.96. The van der Waals surface area contributed by atoms with Crippen LogP contribution in [0.1, 0.15) is 39.2 Å². The van der Waals surface area contributed by atoms with Crippen LogP contribution >= 0.6 is 0 Å². The largest absolute Gasteiger partial charge is 0.387 e. The molecule has 0 spiro atoms. The minimum absolute atomic E-state index is 0.00912. The van der Waals surface area contributed by atoms with Crippen molar-refractivity contribution >= 4 is 0 Å². The van der Waals surface area contributed by atoms with E-state index in [1.54, 1.807) is 0 Å². The fraction of sp³-hybridized carbons (Fsp3) is 0.714. The molecule has 0 aliphatic carbocycles. The molecule has 0 bridgehead atoms. The zero-order valence-corrected chi connectivity index (χ0v) is 11.9. The van der Waals surface area contributed by atoms with Gasteiger partial charge in [0.25, 0.3) is 0 Å². The van der Waals surface area contributed by atoms with Gasteiger partial charge in [0.15, 0.2) is 0 Å². The standard InChI is InChI=1S/C14H22N4O/c1-13(2,3)18-10-12(8-16-18)9-17-7-5-14(19,11-17)4-6-15/h8,10,19H,4-5,7,9,11H2,1-3H3. The fourth-order valence-electron chi connectivity index (χ4n) is 2.43. The quantitative estimate of drug-likeness (QED) is 0.896. The van der Waals surface area contributed by atoms with E-state index in [2.05, 4.69) is 43.0 Å². The topological polar surface area (TPSA) is 65.1 Å². The van der Waals surface area contributed by atoms with E-state index in [0.29, 0.717) is 13.0 Å². The third-order valence-electron chi connectivity index (χ3n) is 3.55. The molecule has 19 heavy (non-hydrogen) atoms. The molecule has 5 heteroatoms. The number of hydrogen-bond donors (Lipinski definition) is 1. The molecule has 2 heterocycles. The molecule has 1 aliphatic rings. The number of hydrogen-bond acceptors (Lipinski definition) is 4. The molecule has 0 saturated carbocycles. The molecule has 1 atom stereocenters. The number of aromatic nitrogens is 2. The molecule has 1 fully saturated rings. The van der Waals surface area contributed by atoms with Crippen LogP contribution in [0.3, 0.4) is 0 Å². The third-order valence-corrected chi connectivity index (χ3v) is 3.55. The molecular weight excluding hydrogens is 240 g/mol. The van der Waals surface area contributed by atoms with Crippen LogP contribution in [0.5, 0.6) is 0 Å². The molecule has 0 amide bonds. The number of nitrogens with zero attached hydrogens (tertiary/aromatic N) is 4. The molecule has 1 saturated heterocycles. The average molecular weight is 262 g/mol. The van der Waals surface area contributed by atoms with Crippen molar-refractivity contribution in [2.75, 3.05) is 13.1 Å². The Bertz CT molecular complexity index is 482. The smallest absolute Gasteiger partial charge is 0.0915 e. The molecule has 1 N–H and O–H groups in total. The summed E-state index contributed by atoms with van der Waals surface area (Å²) in [6.45, 7) is 8.53. The molecular formula is C14H22N4O. The van der Waals surface area contributed by atoms with E-state index in [1.807, 2.05) is 10.9 Å². The summed E-state index contributed by atoms with van der Waals surface area (Å²) in [6, 6.07) is 2.07. The lowest BCUT2D eigenvalue weighted by Gasteiger charge is -2.20. The minimum Gasteiger partial charge on any atom is -0.387 e. The Labute approximate surface area is 114 Å². The van der Waals surface area contributed by atoms with Crippen molar-refractivity contribution in [2.45, 2.75) is 51.3 Å². The molecule has 1 aromatic heterocycles. The lowest BCUT2D eigenvalue weighted by Crippen LogP contribution is -2.32. The first kappa shape index (κ1) is 14.0. The molecule has 1 aromatic rings. The zero-order valence-electron chi connectivity index (χ0n) is 11.9. The van der Waals surface area contributed by atoms with Crippen LogP contribution < -0.4 is 0 Å². The number of nitriles is 1. The van der Waals surface area contributed by atoms with Gasteiger partial charge in [-0.15, -0.1) is 0 Å². The second-order valence-corrected chi connectivity index (χ2v) is 6.48. The number of likely N-dealkylation sites (tertiary alicyclic amines) is 1. The predicted molar refractivity (Wildman–Crippen MR) is 72.3 cm³/mol. The Morgan fingerprint density at radius 3 is 2.84 bits per heavy atom. The lowest BCUT2D eigenvalue weighted by molar-refractivity contribution is 0.0532. The maximum absolute atomic E-state index is 10.2. The molecule has 1 unspecified atom stereocenters. The summed E-state index contributed by atoms with van der Waals surface area (Å²) >= 11 is 0. The van der Waals surface area contributed by atoms with Gasteiger partial charge in [-0.3, -0.25) is 9.58 Å². The summed E-state index contributed by atoms with van der Waals surface area (Å²) in [7, 11) is 0. The van der Waals surface area contributed by atoms with Crippen LogP contribution in [0.4, 0.5) is 0 Å². The van der Waals surface area contributed by atoms with Gasteiger partial charge in [-0.2, -0.15) is 10.4 Å². The van der Waals surface area contributed by atoms with Gasteiger partial charge < -0.3 is 5.11 Å². The summed E-state index contributed by atoms with van der Waals surface area (Å²) in [5.41, 5.74) is 0.315. The van der Waals surface area contributed by atoms with Crippen molar-refractivity contribution in [1.82, 2.24) is 14.7 Å². The highest BCUT2D eigenvalue weighted by Gasteiger charge is 2.35. The van der Waals surface area contributed by atoms with E-state index >= 15 is 0 Å². The van der Waals surface area contributed by atoms with Gasteiger partial charge in [0.2, 0.25) is 0 Å². The van der Waals surface area contributed by atoms with Crippen LogP contribution in [0.2, 0.25) is 0 Å². The molecule has 5 nitrogen and oxygen atoms in total. The van der Waals surface area contributed by atoms with Crippen molar-refractivity contribution in [2.24, 2.45) is 0 Å². The molecule has 0 aromatic carbocycles. The first-order chi connectivity index (χ1) is 8.82. The SMILES string of the molecule is CC(C)(C)n1cc(CN2CCC(O)(CC#N)C2)cn1. The van der Waals surface area contributed by atoms with Crippen molar-refractivity contribution in [3.05, 3.63) is 18.0 Å². The molecule has 1 aliphatic heterocycles. The van der Waals surface area contributed by atoms with Crippen molar-refractivity contribution in [1.29, 1.82) is 5.26 Å². The van der Waals surface area contributed by atoms with Crippen molar-refractivity contribution < 1.29 is 5.11 Å². The Morgan fingerprint density at radius 1 is 1.53 bits per heavy atom. The average Bonchev–Trinajstić information content (AvgIpc) is 2.86. The van der Waals surface area contributed by atoms with E-state index in [9.17, 15) is 5.11 Å². The summed E-state index contributed by atoms with van der Waals surface area (Å²) in [5, 5.41) is 23.3. The highest BCUT2D eigenvalue weighted by molar-refractivity contribution is 5.07. The van der Waals surface area contributed by atoms with Crippen molar-refractivity contribution in [3.63, 3.8) is 0 Å². The number of β-amino-alcohol motifs (C(OH)–C–C–N with tert-alkyl or cyclic N) is 1. The van der Waals surface area contributed by atoms with Gasteiger partial charge in [-0.05, 0) is 27.2 Å². The van der Waals surface area contributed by atoms with Gasteiger partial charge >= 0.3 is 0 Å². The maximum atomic E-state index is 10.2. The van der Waals surface area contributed by atoms with Crippen LogP contribution in [0, 0.1) is 11.3 Å².